The normalized spacial score (nSPS) is 12.9. The van der Waals surface area contributed by atoms with Gasteiger partial charge >= 0.3 is 0 Å². The number of benzene rings is 13. The molecule has 30 radical (unpaired) electrons. The lowest BCUT2D eigenvalue weighted by Crippen LogP contribution is -2.50. The Hall–Kier alpha value is -8.19. The van der Waals surface area contributed by atoms with Crippen LogP contribution < -0.4 is 81.7 Å². The fraction of sp³-hybridized carbons (Fsp3) is 0.0149. The van der Waals surface area contributed by atoms with Crippen molar-refractivity contribution in [1.29, 1.82) is 0 Å². The summed E-state index contributed by atoms with van der Waals surface area (Å²) in [6.45, 7) is 0. The van der Waals surface area contributed by atoms with E-state index in [0.717, 1.165) is 86.9 Å². The van der Waals surface area contributed by atoms with E-state index in [2.05, 4.69) is 121 Å². The van der Waals surface area contributed by atoms with E-state index in [1.807, 2.05) is 6.07 Å². The Balaban J connectivity index is 1.14. The van der Waals surface area contributed by atoms with Crippen molar-refractivity contribution >= 4 is 308 Å². The van der Waals surface area contributed by atoms with Crippen LogP contribution >= 0.6 is 0 Å². The Kier molecular flexibility index (Phi) is 11.7. The van der Waals surface area contributed by atoms with Crippen molar-refractivity contribution in [3.63, 3.8) is 0 Å². The third kappa shape index (κ3) is 7.04. The maximum absolute atomic E-state index is 7.65. The minimum absolute atomic E-state index is 0.0191. The van der Waals surface area contributed by atoms with Gasteiger partial charge in [0.25, 0.3) is 0 Å². The van der Waals surface area contributed by atoms with Crippen LogP contribution in [0, 0.1) is 12.3 Å². The highest BCUT2D eigenvalue weighted by molar-refractivity contribution is 6.72. The fourth-order valence-corrected chi connectivity index (χ4v) is 13.4. The predicted molar refractivity (Wildman–Crippen MR) is 371 cm³/mol. The maximum Gasteiger partial charge on any atom is 0.141 e. The first kappa shape index (κ1) is 52.6. The summed E-state index contributed by atoms with van der Waals surface area (Å²) >= 11 is 0. The highest BCUT2D eigenvalue weighted by Gasteiger charge is 2.28. The van der Waals surface area contributed by atoms with Gasteiger partial charge in [0.2, 0.25) is 0 Å². The summed E-state index contributed by atoms with van der Waals surface area (Å²) in [6, 6.07) is 42.6. The van der Waals surface area contributed by atoms with Crippen molar-refractivity contribution in [3.05, 3.63) is 138 Å². The van der Waals surface area contributed by atoms with Gasteiger partial charge in [0.05, 0.1) is 0 Å². The topological polar surface area (TPSA) is 26.3 Å². The van der Waals surface area contributed by atoms with E-state index in [0.29, 0.717) is 27.5 Å². The summed E-state index contributed by atoms with van der Waals surface area (Å²) in [4.78, 5) is 0. The Morgan fingerprint density at radius 3 is 1.30 bits per heavy atom. The van der Waals surface area contributed by atoms with Gasteiger partial charge in [0.15, 0.2) is 0 Å². The monoisotopic (exact) mass is 1020 g/mol. The summed E-state index contributed by atoms with van der Waals surface area (Å²) in [5, 5.41) is 14.5. The van der Waals surface area contributed by atoms with E-state index in [1.54, 1.807) is 0 Å². The first-order chi connectivity index (χ1) is 40.4. The van der Waals surface area contributed by atoms with Gasteiger partial charge in [-0.2, -0.15) is 0 Å². The van der Waals surface area contributed by atoms with Crippen LogP contribution in [-0.4, -0.2) is 118 Å². The van der Waals surface area contributed by atoms with E-state index < -0.39 is 0 Å². The van der Waals surface area contributed by atoms with E-state index in [-0.39, 0.29) is 132 Å². The van der Waals surface area contributed by atoms with Crippen LogP contribution in [0.5, 0.6) is 0 Å². The van der Waals surface area contributed by atoms with Crippen LogP contribution in [0.4, 0.5) is 0 Å². The molecule has 0 amide bonds. The van der Waals surface area contributed by atoms with E-state index >= 15 is 0 Å². The summed E-state index contributed by atoms with van der Waals surface area (Å²) in [6.07, 6.45) is 6.08. The average Bonchev–Trinajstić information content (AvgIpc) is 2.78. The molecular weight excluding hydrogens is 999 g/mol. The molecule has 2 nitrogen and oxygen atoms in total. The molecule has 0 atom stereocenters. The van der Waals surface area contributed by atoms with E-state index in [1.165, 1.54) is 0 Å². The summed E-state index contributed by atoms with van der Waals surface area (Å²) in [5.74, 6) is 2.54. The molecule has 2 heterocycles. The van der Waals surface area contributed by atoms with Crippen molar-refractivity contribution in [1.82, 2.24) is 0 Å². The third-order valence-corrected chi connectivity index (χ3v) is 17.5. The standard InChI is InChI=1S/C67H23B15O2/c1-2-38(68)64-45(47-55(74)53(72)46-48(65(47)83-64)56(75)59(78)58(77)54(46)73)39(69)22-30-21-37(44-51(70)49-50-57(76)60(79)61(80)63(82)67(50)84-66(49)62(81)52(44)71)36(32-18-14-29-12-10-25-6-4-8-27-16-20-34(32)43(29)41(25)27)23-35(30)31-17-13-28-11-9-24-5-3-7-26-15-19-33(31)42(28)40(24)26/h1,3-21,23H,22H2/b45-39+,64-38-. The molecule has 0 aliphatic carbocycles. The van der Waals surface area contributed by atoms with Crippen molar-refractivity contribution in [3.8, 4) is 45.7 Å². The number of fused-ring (bicyclic) bond motifs is 6. The second-order valence-corrected chi connectivity index (χ2v) is 21.8. The summed E-state index contributed by atoms with van der Waals surface area (Å²) in [5.41, 5.74) is 6.40. The summed E-state index contributed by atoms with van der Waals surface area (Å²) < 4.78 is 13.1. The quantitative estimate of drug-likeness (QED) is 0.139. The van der Waals surface area contributed by atoms with Crippen molar-refractivity contribution in [2.75, 3.05) is 0 Å². The van der Waals surface area contributed by atoms with Gasteiger partial charge in [0.1, 0.15) is 140 Å². The molecule has 0 N–H and O–H groups in total. The molecule has 0 fully saturated rings. The largest absolute Gasteiger partial charge is 0.457 e. The van der Waals surface area contributed by atoms with Crippen LogP contribution in [-0.2, 0) is 6.42 Å². The molecule has 0 spiro atoms. The van der Waals surface area contributed by atoms with Crippen LogP contribution in [0.3, 0.4) is 0 Å². The van der Waals surface area contributed by atoms with Gasteiger partial charge in [0, 0.05) is 26.8 Å². The zero-order valence-electron chi connectivity index (χ0n) is 44.8. The second kappa shape index (κ2) is 18.7. The molecule has 13 aromatic carbocycles. The molecule has 15 rings (SSSR count). The molecule has 0 bridgehead atoms. The minimum atomic E-state index is -0.0961. The van der Waals surface area contributed by atoms with E-state index in [9.17, 15) is 0 Å². The molecule has 15 aromatic rings. The third-order valence-electron chi connectivity index (χ3n) is 17.5. The molecule has 0 aliphatic heterocycles. The van der Waals surface area contributed by atoms with Crippen LogP contribution in [0.15, 0.2) is 130 Å². The van der Waals surface area contributed by atoms with Crippen LogP contribution in [0.1, 0.15) is 5.56 Å². The maximum atomic E-state index is 7.65. The van der Waals surface area contributed by atoms with E-state index in [4.69, 9.17) is 133 Å². The zero-order chi connectivity index (χ0) is 58.4. The molecule has 17 heteroatoms. The van der Waals surface area contributed by atoms with Crippen molar-refractivity contribution < 1.29 is 8.83 Å². The number of hydrogen-bond donors (Lipinski definition) is 0. The highest BCUT2D eigenvalue weighted by atomic mass is 16.3. The van der Waals surface area contributed by atoms with Gasteiger partial charge in [-0.3, -0.25) is 0 Å². The zero-order valence-corrected chi connectivity index (χ0v) is 44.8. The Labute approximate surface area is 503 Å². The molecular formula is C67H23B15O2. The lowest BCUT2D eigenvalue weighted by molar-refractivity contribution is 0.578. The predicted octanol–water partition coefficient (Wildman–Crippen LogP) is 0.0299. The smallest absolute Gasteiger partial charge is 0.141 e. The molecule has 2 aromatic heterocycles. The minimum Gasteiger partial charge on any atom is -0.457 e. The van der Waals surface area contributed by atoms with Gasteiger partial charge in [-0.05, 0) is 133 Å². The van der Waals surface area contributed by atoms with Crippen LogP contribution in [0.25, 0.3) is 153 Å². The highest BCUT2D eigenvalue weighted by Crippen LogP contribution is 2.47. The Morgan fingerprint density at radius 1 is 0.345 bits per heavy atom. The average molecular weight is 1020 g/mol. The molecule has 0 saturated heterocycles. The second-order valence-electron chi connectivity index (χ2n) is 21.8. The van der Waals surface area contributed by atoms with Gasteiger partial charge in [-0.15, -0.1) is 33.7 Å². The van der Waals surface area contributed by atoms with Gasteiger partial charge in [-0.25, -0.2) is 0 Å². The number of hydrogen-bond acceptors (Lipinski definition) is 2. The lowest BCUT2D eigenvalue weighted by Gasteiger charge is -2.24. The molecule has 348 valence electrons. The molecule has 0 aliphatic rings. The summed E-state index contributed by atoms with van der Waals surface area (Å²) in [7, 11) is 103. The lowest BCUT2D eigenvalue weighted by atomic mass is 9.61. The first-order valence-electron chi connectivity index (χ1n) is 26.7. The SMILES string of the molecule is [B]/C(Cc1cc(-c2c([B])c([B])c3oc4c([B])c([B])c([B])c([B])c4c3c2[B])c(-c2ccc3ccc4cccc5ccc2c3c45)cc1-c1ccc2ccc3cccc4ccc1c2c34)=c1/c(=C(/[B])C#C)oc2c1c([B])c([B])c1c([B])c([B])c([B])c([B])c12. The van der Waals surface area contributed by atoms with Gasteiger partial charge < -0.3 is 8.83 Å². The van der Waals surface area contributed by atoms with Crippen molar-refractivity contribution in [2.24, 2.45) is 0 Å². The Bertz CT molecular complexity index is 5700. The number of rotatable bonds is 5. The number of terminal acetylenes is 1. The first-order valence-corrected chi connectivity index (χ1v) is 26.7. The molecule has 0 saturated carbocycles. The molecule has 0 unspecified atom stereocenters. The number of furan rings is 2. The Morgan fingerprint density at radius 2 is 0.762 bits per heavy atom. The fourth-order valence-electron chi connectivity index (χ4n) is 13.4. The van der Waals surface area contributed by atoms with Gasteiger partial charge in [-0.1, -0.05) is 164 Å². The molecule has 84 heavy (non-hydrogen) atoms. The van der Waals surface area contributed by atoms with Crippen LogP contribution in [0.2, 0.25) is 0 Å². The van der Waals surface area contributed by atoms with Crippen molar-refractivity contribution in [2.45, 2.75) is 6.42 Å².